The fourth-order valence-electron chi connectivity index (χ4n) is 2.89. The number of halogens is 1. The molecule has 6 nitrogen and oxygen atoms in total. The molecule has 1 aliphatic rings. The Kier molecular flexibility index (Phi) is 4.64. The minimum atomic E-state index is -3.06. The molecule has 1 unspecified atom stereocenters. The molecule has 1 atom stereocenters. The standard InChI is InChI=1S/C17H19FN2O4S/c1-11-15(19-17(24-11)13-5-3-4-6-14(13)18)9-16(21)20(2)12-7-8-25(22,23)10-12/h3-6,12H,7-10H2,1-2H3. The molecule has 8 heteroatoms. The maximum absolute atomic E-state index is 13.9. The van der Waals surface area contributed by atoms with Crippen LogP contribution in [0.4, 0.5) is 4.39 Å². The molecule has 2 aromatic rings. The van der Waals surface area contributed by atoms with Gasteiger partial charge in [-0.3, -0.25) is 4.79 Å². The summed E-state index contributed by atoms with van der Waals surface area (Å²) in [6.45, 7) is 1.67. The molecule has 134 valence electrons. The van der Waals surface area contributed by atoms with Crippen molar-refractivity contribution in [1.82, 2.24) is 9.88 Å². The maximum Gasteiger partial charge on any atom is 0.229 e. The van der Waals surface area contributed by atoms with E-state index in [1.165, 1.54) is 11.0 Å². The van der Waals surface area contributed by atoms with E-state index in [0.717, 1.165) is 0 Å². The van der Waals surface area contributed by atoms with Crippen molar-refractivity contribution in [3.05, 3.63) is 41.5 Å². The molecule has 1 aromatic heterocycles. The van der Waals surface area contributed by atoms with Crippen LogP contribution in [0, 0.1) is 12.7 Å². The van der Waals surface area contributed by atoms with Crippen LogP contribution in [0.15, 0.2) is 28.7 Å². The number of aryl methyl sites for hydroxylation is 1. The van der Waals surface area contributed by atoms with Gasteiger partial charge in [0.1, 0.15) is 11.6 Å². The number of benzene rings is 1. The van der Waals surface area contributed by atoms with E-state index in [4.69, 9.17) is 4.42 Å². The minimum absolute atomic E-state index is 0.00643. The van der Waals surface area contributed by atoms with Gasteiger partial charge in [0.05, 0.1) is 29.2 Å². The summed E-state index contributed by atoms with van der Waals surface area (Å²) in [6, 6.07) is 5.81. The molecule has 1 fully saturated rings. The fourth-order valence-corrected chi connectivity index (χ4v) is 4.67. The molecule has 1 aromatic carbocycles. The van der Waals surface area contributed by atoms with Crippen molar-refractivity contribution in [3.63, 3.8) is 0 Å². The lowest BCUT2D eigenvalue weighted by Crippen LogP contribution is -2.38. The Morgan fingerprint density at radius 2 is 2.12 bits per heavy atom. The van der Waals surface area contributed by atoms with Gasteiger partial charge in [-0.25, -0.2) is 17.8 Å². The van der Waals surface area contributed by atoms with Crippen LogP contribution in [0.3, 0.4) is 0 Å². The number of carbonyl (C=O) groups excluding carboxylic acids is 1. The van der Waals surface area contributed by atoms with Gasteiger partial charge in [-0.05, 0) is 25.5 Å². The van der Waals surface area contributed by atoms with E-state index < -0.39 is 15.7 Å². The third kappa shape index (κ3) is 3.73. The summed E-state index contributed by atoms with van der Waals surface area (Å²) in [5.41, 5.74) is 0.662. The van der Waals surface area contributed by atoms with E-state index in [1.807, 2.05) is 0 Å². The molecule has 0 saturated carbocycles. The number of rotatable bonds is 4. The smallest absolute Gasteiger partial charge is 0.229 e. The van der Waals surface area contributed by atoms with Gasteiger partial charge in [0.15, 0.2) is 9.84 Å². The third-order valence-electron chi connectivity index (χ3n) is 4.47. The summed E-state index contributed by atoms with van der Waals surface area (Å²) in [7, 11) is -1.46. The van der Waals surface area contributed by atoms with Crippen molar-refractivity contribution in [3.8, 4) is 11.5 Å². The second kappa shape index (κ2) is 6.59. The second-order valence-electron chi connectivity index (χ2n) is 6.24. The van der Waals surface area contributed by atoms with E-state index in [-0.39, 0.29) is 41.3 Å². The third-order valence-corrected chi connectivity index (χ3v) is 6.22. The van der Waals surface area contributed by atoms with E-state index in [9.17, 15) is 17.6 Å². The van der Waals surface area contributed by atoms with Crippen LogP contribution in [0.25, 0.3) is 11.5 Å². The molecule has 0 bridgehead atoms. The monoisotopic (exact) mass is 366 g/mol. The molecule has 3 rings (SSSR count). The highest BCUT2D eigenvalue weighted by Crippen LogP contribution is 2.25. The van der Waals surface area contributed by atoms with Crippen LogP contribution < -0.4 is 0 Å². The number of nitrogens with zero attached hydrogens (tertiary/aromatic N) is 2. The van der Waals surface area contributed by atoms with Crippen LogP contribution in [0.5, 0.6) is 0 Å². The van der Waals surface area contributed by atoms with Gasteiger partial charge in [0.2, 0.25) is 11.8 Å². The SMILES string of the molecule is Cc1oc(-c2ccccc2F)nc1CC(=O)N(C)C1CCS(=O)(=O)C1. The predicted octanol–water partition coefficient (Wildman–Crippen LogP) is 1.98. The van der Waals surface area contributed by atoms with Crippen LogP contribution in [0.1, 0.15) is 17.9 Å². The number of hydrogen-bond acceptors (Lipinski definition) is 5. The van der Waals surface area contributed by atoms with E-state index in [1.54, 1.807) is 32.2 Å². The quantitative estimate of drug-likeness (QED) is 0.826. The zero-order valence-electron chi connectivity index (χ0n) is 14.0. The van der Waals surface area contributed by atoms with Crippen molar-refractivity contribution < 1.29 is 22.0 Å². The van der Waals surface area contributed by atoms with E-state index in [0.29, 0.717) is 17.9 Å². The second-order valence-corrected chi connectivity index (χ2v) is 8.47. The highest BCUT2D eigenvalue weighted by atomic mass is 32.2. The number of hydrogen-bond donors (Lipinski definition) is 0. The molecular formula is C17H19FN2O4S. The van der Waals surface area contributed by atoms with Gasteiger partial charge in [0.25, 0.3) is 0 Å². The Hall–Kier alpha value is -2.22. The number of sulfone groups is 1. The fraction of sp³-hybridized carbons (Fsp3) is 0.412. The summed E-state index contributed by atoms with van der Waals surface area (Å²) in [5.74, 6) is -0.0134. The van der Waals surface area contributed by atoms with Crippen LogP contribution in [-0.4, -0.2) is 48.8 Å². The maximum atomic E-state index is 13.9. The molecule has 25 heavy (non-hydrogen) atoms. The van der Waals surface area contributed by atoms with E-state index in [2.05, 4.69) is 4.98 Å². The van der Waals surface area contributed by atoms with Gasteiger partial charge in [-0.2, -0.15) is 0 Å². The largest absolute Gasteiger partial charge is 0.441 e. The molecule has 0 N–H and O–H groups in total. The van der Waals surface area contributed by atoms with Crippen molar-refractivity contribution in [2.24, 2.45) is 0 Å². The van der Waals surface area contributed by atoms with Crippen LogP contribution in [0.2, 0.25) is 0 Å². The Morgan fingerprint density at radius 3 is 2.76 bits per heavy atom. The van der Waals surface area contributed by atoms with Gasteiger partial charge in [-0.15, -0.1) is 0 Å². The Bertz CT molecular complexity index is 907. The van der Waals surface area contributed by atoms with Gasteiger partial charge in [-0.1, -0.05) is 12.1 Å². The molecule has 0 spiro atoms. The zero-order chi connectivity index (χ0) is 18.2. The molecule has 0 aliphatic carbocycles. The van der Waals surface area contributed by atoms with Crippen LogP contribution in [-0.2, 0) is 21.1 Å². The average molecular weight is 366 g/mol. The van der Waals surface area contributed by atoms with Crippen molar-refractivity contribution in [1.29, 1.82) is 0 Å². The predicted molar refractivity (Wildman–Crippen MR) is 90.2 cm³/mol. The first kappa shape index (κ1) is 17.6. The lowest BCUT2D eigenvalue weighted by Gasteiger charge is -2.23. The van der Waals surface area contributed by atoms with E-state index >= 15 is 0 Å². The minimum Gasteiger partial charge on any atom is -0.441 e. The summed E-state index contributed by atoms with van der Waals surface area (Å²) < 4.78 is 42.5. The highest BCUT2D eigenvalue weighted by Gasteiger charge is 2.33. The summed E-state index contributed by atoms with van der Waals surface area (Å²) in [6.07, 6.45) is 0.430. The van der Waals surface area contributed by atoms with Gasteiger partial charge < -0.3 is 9.32 Å². The molecule has 1 amide bonds. The van der Waals surface area contributed by atoms with Gasteiger partial charge in [0, 0.05) is 13.1 Å². The normalized spacial score (nSPS) is 19.1. The Labute approximate surface area is 145 Å². The number of oxazole rings is 1. The number of amides is 1. The lowest BCUT2D eigenvalue weighted by molar-refractivity contribution is -0.130. The first-order valence-electron chi connectivity index (χ1n) is 7.94. The topological polar surface area (TPSA) is 80.5 Å². The average Bonchev–Trinajstić information content (AvgIpc) is 3.09. The van der Waals surface area contributed by atoms with Gasteiger partial charge >= 0.3 is 0 Å². The van der Waals surface area contributed by atoms with Crippen molar-refractivity contribution in [2.75, 3.05) is 18.6 Å². The van der Waals surface area contributed by atoms with Crippen LogP contribution >= 0.6 is 0 Å². The lowest BCUT2D eigenvalue weighted by atomic mass is 10.2. The van der Waals surface area contributed by atoms with Crippen molar-refractivity contribution in [2.45, 2.75) is 25.8 Å². The Balaban J connectivity index is 1.75. The molecule has 1 aliphatic heterocycles. The zero-order valence-corrected chi connectivity index (χ0v) is 14.8. The first-order chi connectivity index (χ1) is 11.8. The van der Waals surface area contributed by atoms with Crippen molar-refractivity contribution >= 4 is 15.7 Å². The summed E-state index contributed by atoms with van der Waals surface area (Å²) >= 11 is 0. The summed E-state index contributed by atoms with van der Waals surface area (Å²) in [5, 5.41) is 0. The highest BCUT2D eigenvalue weighted by molar-refractivity contribution is 7.91. The Morgan fingerprint density at radius 1 is 1.40 bits per heavy atom. The number of likely N-dealkylation sites (N-methyl/N-ethyl adjacent to an activating group) is 1. The molecule has 0 radical (unpaired) electrons. The number of carbonyl (C=O) groups is 1. The molecule has 1 saturated heterocycles. The summed E-state index contributed by atoms with van der Waals surface area (Å²) in [4.78, 5) is 18.2. The molecular weight excluding hydrogens is 347 g/mol. The first-order valence-corrected chi connectivity index (χ1v) is 9.76. The molecule has 2 heterocycles. The number of aromatic nitrogens is 1.